The van der Waals surface area contributed by atoms with Gasteiger partial charge in [-0.3, -0.25) is 0 Å². The van der Waals surface area contributed by atoms with E-state index in [4.69, 9.17) is 0 Å². The molecule has 0 saturated carbocycles. The summed E-state index contributed by atoms with van der Waals surface area (Å²) in [5.74, 6) is -0.283. The summed E-state index contributed by atoms with van der Waals surface area (Å²) >= 11 is 6.97. The second-order valence-electron chi connectivity index (χ2n) is 3.67. The Morgan fingerprint density at radius 2 is 2.12 bits per heavy atom. The Morgan fingerprint density at radius 3 is 2.65 bits per heavy atom. The molecule has 1 aromatic heterocycles. The van der Waals surface area contributed by atoms with Gasteiger partial charge in [0.05, 0.1) is 3.79 Å². The fraction of sp³-hybridized carbons (Fsp3) is 0.167. The number of hydrogen-bond donors (Lipinski definition) is 1. The van der Waals surface area contributed by atoms with Crippen LogP contribution in [0.2, 0.25) is 0 Å². The summed E-state index contributed by atoms with van der Waals surface area (Å²) < 4.78 is 14.7. The second kappa shape index (κ2) is 5.34. The third kappa shape index (κ3) is 2.89. The summed E-state index contributed by atoms with van der Waals surface area (Å²) in [6, 6.07) is 6.37. The van der Waals surface area contributed by atoms with E-state index in [0.717, 1.165) is 23.4 Å². The molecule has 0 fully saturated rings. The number of aliphatic hydroxyl groups is 1. The quantitative estimate of drug-likeness (QED) is 0.693. The lowest BCUT2D eigenvalue weighted by Crippen LogP contribution is -2.00. The van der Waals surface area contributed by atoms with Crippen molar-refractivity contribution in [3.63, 3.8) is 0 Å². The summed E-state index contributed by atoms with van der Waals surface area (Å²) in [6.07, 6.45) is -0.697. The molecule has 1 N–H and O–H groups in total. The molecule has 0 aliphatic rings. The molecule has 1 heterocycles. The molecule has 0 spiro atoms. The summed E-state index contributed by atoms with van der Waals surface area (Å²) in [7, 11) is 0. The first-order valence-corrected chi connectivity index (χ1v) is 7.56. The maximum absolute atomic E-state index is 13.0. The summed E-state index contributed by atoms with van der Waals surface area (Å²) in [5.41, 5.74) is 1.84. The molecular formula is C12H9BrFIOS. The fourth-order valence-electron chi connectivity index (χ4n) is 1.49. The summed E-state index contributed by atoms with van der Waals surface area (Å²) in [5, 5.41) is 10.3. The van der Waals surface area contributed by atoms with Crippen molar-refractivity contribution >= 4 is 49.9 Å². The summed E-state index contributed by atoms with van der Waals surface area (Å²) in [6.45, 7) is 1.98. The molecule has 5 heteroatoms. The first-order valence-electron chi connectivity index (χ1n) is 4.88. The van der Waals surface area contributed by atoms with Crippen LogP contribution < -0.4 is 0 Å². The minimum atomic E-state index is -0.697. The molecule has 1 atom stereocenters. The van der Waals surface area contributed by atoms with E-state index < -0.39 is 6.10 Å². The Morgan fingerprint density at radius 1 is 1.41 bits per heavy atom. The molecule has 0 aliphatic heterocycles. The van der Waals surface area contributed by atoms with E-state index in [9.17, 15) is 9.50 Å². The van der Waals surface area contributed by atoms with E-state index >= 15 is 0 Å². The zero-order valence-electron chi connectivity index (χ0n) is 8.88. The van der Waals surface area contributed by atoms with E-state index in [-0.39, 0.29) is 5.82 Å². The molecule has 0 saturated heterocycles. The Kier molecular flexibility index (Phi) is 4.22. The number of benzene rings is 1. The smallest absolute Gasteiger partial charge is 0.124 e. The number of aryl methyl sites for hydroxylation is 1. The van der Waals surface area contributed by atoms with Gasteiger partial charge in [-0.1, -0.05) is 6.07 Å². The first-order chi connectivity index (χ1) is 7.99. The van der Waals surface area contributed by atoms with E-state index in [0.29, 0.717) is 0 Å². The molecule has 0 bridgehead atoms. The van der Waals surface area contributed by atoms with Crippen molar-refractivity contribution in [1.29, 1.82) is 0 Å². The minimum absolute atomic E-state index is 0.283. The highest BCUT2D eigenvalue weighted by molar-refractivity contribution is 14.1. The average Bonchev–Trinajstić information content (AvgIpc) is 2.58. The maximum Gasteiger partial charge on any atom is 0.124 e. The van der Waals surface area contributed by atoms with Crippen molar-refractivity contribution < 1.29 is 9.50 Å². The molecule has 0 radical (unpaired) electrons. The van der Waals surface area contributed by atoms with Crippen molar-refractivity contribution in [3.05, 3.63) is 53.4 Å². The number of rotatable bonds is 2. The lowest BCUT2D eigenvalue weighted by molar-refractivity contribution is 0.223. The van der Waals surface area contributed by atoms with Gasteiger partial charge in [0, 0.05) is 8.45 Å². The van der Waals surface area contributed by atoms with Gasteiger partial charge in [0.15, 0.2) is 0 Å². The van der Waals surface area contributed by atoms with Gasteiger partial charge in [-0.05, 0) is 74.8 Å². The maximum atomic E-state index is 13.0. The lowest BCUT2D eigenvalue weighted by Gasteiger charge is -2.11. The molecule has 1 unspecified atom stereocenters. The molecule has 90 valence electrons. The van der Waals surface area contributed by atoms with Crippen LogP contribution in [0, 0.1) is 16.3 Å². The van der Waals surface area contributed by atoms with E-state index in [2.05, 4.69) is 15.9 Å². The predicted molar refractivity (Wildman–Crippen MR) is 79.9 cm³/mol. The lowest BCUT2D eigenvalue weighted by atomic mass is 10.1. The van der Waals surface area contributed by atoms with Gasteiger partial charge in [-0.2, -0.15) is 0 Å². The molecule has 2 aromatic rings. The van der Waals surface area contributed by atoms with Crippen LogP contribution in [0.15, 0.2) is 28.1 Å². The van der Waals surface area contributed by atoms with Crippen LogP contribution in [0.3, 0.4) is 0 Å². The number of halogens is 3. The zero-order chi connectivity index (χ0) is 12.6. The third-order valence-electron chi connectivity index (χ3n) is 2.40. The largest absolute Gasteiger partial charge is 0.383 e. The topological polar surface area (TPSA) is 20.2 Å². The second-order valence-corrected chi connectivity index (χ2v) is 7.24. The van der Waals surface area contributed by atoms with Gasteiger partial charge < -0.3 is 5.11 Å². The van der Waals surface area contributed by atoms with Gasteiger partial charge in [0.1, 0.15) is 11.9 Å². The summed E-state index contributed by atoms with van der Waals surface area (Å²) in [4.78, 5) is 0.860. The fourth-order valence-corrected chi connectivity index (χ4v) is 3.84. The SMILES string of the molecule is Cc1cc(C(O)c2ccc(F)cc2I)sc1Br. The van der Waals surface area contributed by atoms with E-state index in [1.54, 1.807) is 6.07 Å². The number of aliphatic hydroxyl groups excluding tert-OH is 1. The highest BCUT2D eigenvalue weighted by Gasteiger charge is 2.17. The number of hydrogen-bond acceptors (Lipinski definition) is 2. The average molecular weight is 427 g/mol. The third-order valence-corrected chi connectivity index (χ3v) is 5.53. The van der Waals surface area contributed by atoms with Crippen LogP contribution in [0.25, 0.3) is 0 Å². The molecule has 0 aliphatic carbocycles. The standard InChI is InChI=1S/C12H9BrFIOS/c1-6-4-10(17-12(6)13)11(16)8-3-2-7(14)5-9(8)15/h2-5,11,16H,1H3. The Bertz CT molecular complexity index is 536. The first kappa shape index (κ1) is 13.5. The van der Waals surface area contributed by atoms with Gasteiger partial charge >= 0.3 is 0 Å². The van der Waals surface area contributed by atoms with Crippen LogP contribution in [-0.4, -0.2) is 5.11 Å². The van der Waals surface area contributed by atoms with Crippen LogP contribution in [0.1, 0.15) is 22.1 Å². The van der Waals surface area contributed by atoms with Crippen LogP contribution in [0.5, 0.6) is 0 Å². The molecule has 0 amide bonds. The normalized spacial score (nSPS) is 12.8. The van der Waals surface area contributed by atoms with Gasteiger partial charge in [-0.15, -0.1) is 11.3 Å². The Hall–Kier alpha value is 0.0200. The van der Waals surface area contributed by atoms with Gasteiger partial charge in [-0.25, -0.2) is 4.39 Å². The Balaban J connectivity index is 2.39. The van der Waals surface area contributed by atoms with Gasteiger partial charge in [0.2, 0.25) is 0 Å². The molecule has 1 nitrogen and oxygen atoms in total. The molecule has 1 aromatic carbocycles. The van der Waals surface area contributed by atoms with Crippen molar-refractivity contribution in [1.82, 2.24) is 0 Å². The van der Waals surface area contributed by atoms with Gasteiger partial charge in [0.25, 0.3) is 0 Å². The predicted octanol–water partition coefficient (Wildman–Crippen LogP) is 4.64. The van der Waals surface area contributed by atoms with Crippen molar-refractivity contribution in [2.75, 3.05) is 0 Å². The Labute approximate surface area is 125 Å². The van der Waals surface area contributed by atoms with E-state index in [1.807, 2.05) is 35.6 Å². The van der Waals surface area contributed by atoms with Crippen LogP contribution in [-0.2, 0) is 0 Å². The molecule has 2 rings (SSSR count). The van der Waals surface area contributed by atoms with E-state index in [1.165, 1.54) is 23.5 Å². The molecule has 17 heavy (non-hydrogen) atoms. The van der Waals surface area contributed by atoms with Crippen LogP contribution in [0.4, 0.5) is 4.39 Å². The minimum Gasteiger partial charge on any atom is -0.383 e. The zero-order valence-corrected chi connectivity index (χ0v) is 13.4. The van der Waals surface area contributed by atoms with Crippen LogP contribution >= 0.6 is 49.9 Å². The number of thiophene rings is 1. The highest BCUT2D eigenvalue weighted by Crippen LogP contribution is 2.35. The monoisotopic (exact) mass is 426 g/mol. The van der Waals surface area contributed by atoms with Crippen molar-refractivity contribution in [2.24, 2.45) is 0 Å². The molecular weight excluding hydrogens is 418 g/mol. The highest BCUT2D eigenvalue weighted by atomic mass is 127. The van der Waals surface area contributed by atoms with Crippen molar-refractivity contribution in [3.8, 4) is 0 Å². The van der Waals surface area contributed by atoms with Crippen molar-refractivity contribution in [2.45, 2.75) is 13.0 Å².